The molecule has 3 aromatic rings. The summed E-state index contributed by atoms with van der Waals surface area (Å²) in [5.41, 5.74) is 5.45. The summed E-state index contributed by atoms with van der Waals surface area (Å²) in [4.78, 5) is 16.2. The van der Waals surface area contributed by atoms with E-state index in [0.717, 1.165) is 33.7 Å². The first kappa shape index (κ1) is 17.7. The summed E-state index contributed by atoms with van der Waals surface area (Å²) in [6.45, 7) is 4.45. The molecule has 1 heterocycles. The van der Waals surface area contributed by atoms with Crippen molar-refractivity contribution >= 4 is 5.97 Å². The van der Waals surface area contributed by atoms with Crippen molar-refractivity contribution in [2.24, 2.45) is 0 Å². The summed E-state index contributed by atoms with van der Waals surface area (Å²) in [5.74, 6) is 0.508. The van der Waals surface area contributed by atoms with E-state index < -0.39 is 0 Å². The fourth-order valence-corrected chi connectivity index (χ4v) is 2.74. The van der Waals surface area contributed by atoms with Gasteiger partial charge in [-0.3, -0.25) is 4.98 Å². The van der Waals surface area contributed by atoms with Gasteiger partial charge in [0.15, 0.2) is 0 Å². The molecule has 4 heteroatoms. The standard InChI is InChI=1S/C22H21NO3/c1-15-16(2)23-13-12-21(15)26-14-17-8-10-18(11-9-17)19-6-4-5-7-20(19)22(24)25-3/h4-13H,14H2,1-3H3. The van der Waals surface area contributed by atoms with Crippen LogP contribution in [-0.4, -0.2) is 18.1 Å². The van der Waals surface area contributed by atoms with Crippen LogP contribution in [0.3, 0.4) is 0 Å². The first-order valence-corrected chi connectivity index (χ1v) is 8.42. The van der Waals surface area contributed by atoms with Crippen LogP contribution >= 0.6 is 0 Å². The number of hydrogen-bond acceptors (Lipinski definition) is 4. The van der Waals surface area contributed by atoms with Gasteiger partial charge in [-0.25, -0.2) is 4.79 Å². The fraction of sp³-hybridized carbons (Fsp3) is 0.182. The normalized spacial score (nSPS) is 10.4. The maximum atomic E-state index is 11.9. The van der Waals surface area contributed by atoms with Gasteiger partial charge in [-0.2, -0.15) is 0 Å². The number of rotatable bonds is 5. The maximum absolute atomic E-state index is 11.9. The van der Waals surface area contributed by atoms with Gasteiger partial charge in [-0.05, 0) is 42.7 Å². The fourth-order valence-electron chi connectivity index (χ4n) is 2.74. The van der Waals surface area contributed by atoms with Crippen molar-refractivity contribution < 1.29 is 14.3 Å². The van der Waals surface area contributed by atoms with Crippen molar-refractivity contribution in [1.82, 2.24) is 4.98 Å². The lowest BCUT2D eigenvalue weighted by Gasteiger charge is -2.11. The first-order chi connectivity index (χ1) is 12.6. The molecule has 0 fully saturated rings. The molecular weight excluding hydrogens is 326 g/mol. The molecule has 0 aliphatic rings. The summed E-state index contributed by atoms with van der Waals surface area (Å²) in [7, 11) is 1.39. The molecule has 3 rings (SSSR count). The molecular formula is C22H21NO3. The molecule has 0 saturated carbocycles. The third-order valence-corrected chi connectivity index (χ3v) is 4.40. The molecule has 26 heavy (non-hydrogen) atoms. The van der Waals surface area contributed by atoms with Crippen molar-refractivity contribution in [3.63, 3.8) is 0 Å². The number of carbonyl (C=O) groups excluding carboxylic acids is 1. The lowest BCUT2D eigenvalue weighted by atomic mass is 9.99. The Kier molecular flexibility index (Phi) is 5.32. The summed E-state index contributed by atoms with van der Waals surface area (Å²) in [6, 6.07) is 17.3. The molecule has 0 N–H and O–H groups in total. The molecule has 0 radical (unpaired) electrons. The van der Waals surface area contributed by atoms with Crippen LogP contribution in [0.4, 0.5) is 0 Å². The highest BCUT2D eigenvalue weighted by molar-refractivity contribution is 5.97. The Bertz CT molecular complexity index is 917. The number of methoxy groups -OCH3 is 1. The molecule has 4 nitrogen and oxygen atoms in total. The van der Waals surface area contributed by atoms with Gasteiger partial charge in [0.25, 0.3) is 0 Å². The summed E-state index contributed by atoms with van der Waals surface area (Å²) < 4.78 is 10.8. The second-order valence-electron chi connectivity index (χ2n) is 6.04. The Morgan fingerprint density at radius 2 is 1.73 bits per heavy atom. The second-order valence-corrected chi connectivity index (χ2v) is 6.04. The topological polar surface area (TPSA) is 48.4 Å². The second kappa shape index (κ2) is 7.83. The Balaban J connectivity index is 1.77. The van der Waals surface area contributed by atoms with E-state index in [-0.39, 0.29) is 5.97 Å². The average molecular weight is 347 g/mol. The molecule has 0 aliphatic carbocycles. The van der Waals surface area contributed by atoms with Crippen molar-refractivity contribution in [1.29, 1.82) is 0 Å². The zero-order chi connectivity index (χ0) is 18.5. The van der Waals surface area contributed by atoms with Crippen LogP contribution in [0.2, 0.25) is 0 Å². The number of carbonyl (C=O) groups is 1. The van der Waals surface area contributed by atoms with Gasteiger partial charge in [0, 0.05) is 17.5 Å². The van der Waals surface area contributed by atoms with Crippen molar-refractivity contribution in [2.45, 2.75) is 20.5 Å². The predicted molar refractivity (Wildman–Crippen MR) is 101 cm³/mol. The Morgan fingerprint density at radius 3 is 2.46 bits per heavy atom. The summed E-state index contributed by atoms with van der Waals surface area (Å²) in [5, 5.41) is 0. The first-order valence-electron chi connectivity index (χ1n) is 8.42. The smallest absolute Gasteiger partial charge is 0.338 e. The van der Waals surface area contributed by atoms with Gasteiger partial charge < -0.3 is 9.47 Å². The number of hydrogen-bond donors (Lipinski definition) is 0. The monoisotopic (exact) mass is 347 g/mol. The Labute approximate surface area is 153 Å². The minimum absolute atomic E-state index is 0.337. The predicted octanol–water partition coefficient (Wildman–Crippen LogP) is 4.73. The van der Waals surface area contributed by atoms with Gasteiger partial charge in [-0.15, -0.1) is 0 Å². The molecule has 0 aliphatic heterocycles. The molecule has 132 valence electrons. The van der Waals surface area contributed by atoms with E-state index in [0.29, 0.717) is 12.2 Å². The van der Waals surface area contributed by atoms with Crippen molar-refractivity contribution in [3.05, 3.63) is 83.2 Å². The lowest BCUT2D eigenvalue weighted by molar-refractivity contribution is 0.0601. The molecule has 0 unspecified atom stereocenters. The van der Waals surface area contributed by atoms with E-state index in [1.54, 1.807) is 12.3 Å². The maximum Gasteiger partial charge on any atom is 0.338 e. The molecule has 0 bridgehead atoms. The number of benzene rings is 2. The van der Waals surface area contributed by atoms with Gasteiger partial charge in [0.2, 0.25) is 0 Å². The van der Waals surface area contributed by atoms with Gasteiger partial charge in [0.1, 0.15) is 12.4 Å². The van der Waals surface area contributed by atoms with Crippen LogP contribution in [0.1, 0.15) is 27.2 Å². The zero-order valence-electron chi connectivity index (χ0n) is 15.2. The van der Waals surface area contributed by atoms with Crippen LogP contribution in [0.15, 0.2) is 60.8 Å². The van der Waals surface area contributed by atoms with Crippen molar-refractivity contribution in [3.8, 4) is 16.9 Å². The highest BCUT2D eigenvalue weighted by Gasteiger charge is 2.12. The number of aromatic nitrogens is 1. The lowest BCUT2D eigenvalue weighted by Crippen LogP contribution is -2.03. The molecule has 1 aromatic heterocycles. The van der Waals surface area contributed by atoms with E-state index in [1.165, 1.54) is 7.11 Å². The highest BCUT2D eigenvalue weighted by atomic mass is 16.5. The Morgan fingerprint density at radius 1 is 1.00 bits per heavy atom. The molecule has 0 spiro atoms. The van der Waals surface area contributed by atoms with Crippen LogP contribution < -0.4 is 4.74 Å². The van der Waals surface area contributed by atoms with Crippen LogP contribution in [-0.2, 0) is 11.3 Å². The number of aryl methyl sites for hydroxylation is 1. The van der Waals surface area contributed by atoms with Crippen LogP contribution in [0.25, 0.3) is 11.1 Å². The SMILES string of the molecule is COC(=O)c1ccccc1-c1ccc(COc2ccnc(C)c2C)cc1. The van der Waals surface area contributed by atoms with E-state index in [2.05, 4.69) is 4.98 Å². The third kappa shape index (κ3) is 3.75. The molecule has 0 amide bonds. The molecule has 2 aromatic carbocycles. The van der Waals surface area contributed by atoms with Crippen molar-refractivity contribution in [2.75, 3.05) is 7.11 Å². The molecule has 0 saturated heterocycles. The quantitative estimate of drug-likeness (QED) is 0.626. The summed E-state index contributed by atoms with van der Waals surface area (Å²) in [6.07, 6.45) is 1.75. The molecule has 0 atom stereocenters. The number of ether oxygens (including phenoxy) is 2. The minimum atomic E-state index is -0.337. The van der Waals surface area contributed by atoms with E-state index >= 15 is 0 Å². The minimum Gasteiger partial charge on any atom is -0.489 e. The average Bonchev–Trinajstić information content (AvgIpc) is 2.69. The van der Waals surface area contributed by atoms with Crippen LogP contribution in [0.5, 0.6) is 5.75 Å². The summed E-state index contributed by atoms with van der Waals surface area (Å²) >= 11 is 0. The van der Waals surface area contributed by atoms with Gasteiger partial charge in [-0.1, -0.05) is 42.5 Å². The van der Waals surface area contributed by atoms with E-state index in [9.17, 15) is 4.79 Å². The Hall–Kier alpha value is -3.14. The number of esters is 1. The zero-order valence-corrected chi connectivity index (χ0v) is 15.2. The van der Waals surface area contributed by atoms with E-state index in [1.807, 2.05) is 62.4 Å². The number of pyridine rings is 1. The largest absolute Gasteiger partial charge is 0.489 e. The third-order valence-electron chi connectivity index (χ3n) is 4.40. The van der Waals surface area contributed by atoms with Crippen LogP contribution in [0, 0.1) is 13.8 Å². The van der Waals surface area contributed by atoms with E-state index in [4.69, 9.17) is 9.47 Å². The van der Waals surface area contributed by atoms with Gasteiger partial charge in [0.05, 0.1) is 12.7 Å². The highest BCUT2D eigenvalue weighted by Crippen LogP contribution is 2.25. The van der Waals surface area contributed by atoms with Gasteiger partial charge >= 0.3 is 5.97 Å². The number of nitrogens with zero attached hydrogens (tertiary/aromatic N) is 1.